The first-order chi connectivity index (χ1) is 7.08. The van der Waals surface area contributed by atoms with E-state index in [-0.39, 0.29) is 5.91 Å². The van der Waals surface area contributed by atoms with Crippen LogP contribution in [-0.2, 0) is 4.79 Å². The Hall–Kier alpha value is -0.610. The molecule has 4 nitrogen and oxygen atoms in total. The highest BCUT2D eigenvalue weighted by atomic mass is 16.1. The zero-order valence-corrected chi connectivity index (χ0v) is 9.41. The van der Waals surface area contributed by atoms with Gasteiger partial charge in [0, 0.05) is 12.6 Å². The van der Waals surface area contributed by atoms with Gasteiger partial charge in [0.2, 0.25) is 5.91 Å². The second-order valence-electron chi connectivity index (χ2n) is 4.97. The molecule has 2 rings (SSSR count). The summed E-state index contributed by atoms with van der Waals surface area (Å²) in [5.41, 5.74) is 10.8. The SMILES string of the molecule is CCN(CC(N)(C(N)=O)C1CC1)C1CC1. The van der Waals surface area contributed by atoms with Crippen molar-refractivity contribution in [3.05, 3.63) is 0 Å². The number of nitrogens with two attached hydrogens (primary N) is 2. The van der Waals surface area contributed by atoms with Gasteiger partial charge in [0.1, 0.15) is 5.54 Å². The lowest BCUT2D eigenvalue weighted by Gasteiger charge is -2.32. The first-order valence-corrected chi connectivity index (χ1v) is 5.90. The zero-order valence-electron chi connectivity index (χ0n) is 9.41. The molecule has 15 heavy (non-hydrogen) atoms. The van der Waals surface area contributed by atoms with Crippen LogP contribution in [0.3, 0.4) is 0 Å². The lowest BCUT2D eigenvalue weighted by molar-refractivity contribution is -0.124. The lowest BCUT2D eigenvalue weighted by Crippen LogP contribution is -2.61. The normalized spacial score (nSPS) is 25.3. The summed E-state index contributed by atoms with van der Waals surface area (Å²) in [6, 6.07) is 0.649. The summed E-state index contributed by atoms with van der Waals surface area (Å²) in [6.45, 7) is 3.73. The van der Waals surface area contributed by atoms with Gasteiger partial charge in [-0.05, 0) is 38.1 Å². The van der Waals surface area contributed by atoms with E-state index in [9.17, 15) is 4.79 Å². The van der Waals surface area contributed by atoms with E-state index in [0.717, 1.165) is 19.4 Å². The van der Waals surface area contributed by atoms with Gasteiger partial charge in [-0.1, -0.05) is 6.92 Å². The third-order valence-electron chi connectivity index (χ3n) is 3.70. The fraction of sp³-hybridized carbons (Fsp3) is 0.909. The minimum atomic E-state index is -0.779. The van der Waals surface area contributed by atoms with E-state index in [0.29, 0.717) is 18.5 Å². The molecular weight excluding hydrogens is 190 g/mol. The van der Waals surface area contributed by atoms with Gasteiger partial charge in [-0.15, -0.1) is 0 Å². The van der Waals surface area contributed by atoms with Crippen molar-refractivity contribution in [2.75, 3.05) is 13.1 Å². The van der Waals surface area contributed by atoms with Gasteiger partial charge in [-0.2, -0.15) is 0 Å². The summed E-state index contributed by atoms with van der Waals surface area (Å²) < 4.78 is 0. The van der Waals surface area contributed by atoms with E-state index in [1.807, 2.05) is 0 Å². The predicted molar refractivity (Wildman–Crippen MR) is 59.1 cm³/mol. The van der Waals surface area contributed by atoms with Crippen LogP contribution in [0.5, 0.6) is 0 Å². The van der Waals surface area contributed by atoms with Crippen LogP contribution in [0, 0.1) is 5.92 Å². The van der Waals surface area contributed by atoms with Crippen LogP contribution in [0.4, 0.5) is 0 Å². The quantitative estimate of drug-likeness (QED) is 0.652. The molecule has 2 aliphatic rings. The van der Waals surface area contributed by atoms with Crippen LogP contribution < -0.4 is 11.5 Å². The number of hydrogen-bond acceptors (Lipinski definition) is 3. The Balaban J connectivity index is 2.01. The molecule has 4 N–H and O–H groups in total. The highest BCUT2D eigenvalue weighted by molar-refractivity contribution is 5.85. The molecule has 1 atom stereocenters. The molecular formula is C11H21N3O. The number of rotatable bonds is 6. The standard InChI is InChI=1S/C11H21N3O/c1-2-14(9-5-6-9)7-11(13,10(12)15)8-3-4-8/h8-9H,2-7,13H2,1H3,(H2,12,15). The molecule has 86 valence electrons. The third-order valence-corrected chi connectivity index (χ3v) is 3.70. The summed E-state index contributed by atoms with van der Waals surface area (Å²) in [7, 11) is 0. The molecule has 2 aliphatic carbocycles. The molecule has 0 aromatic heterocycles. The molecule has 0 spiro atoms. The van der Waals surface area contributed by atoms with Crippen LogP contribution in [0.1, 0.15) is 32.6 Å². The molecule has 0 aromatic rings. The van der Waals surface area contributed by atoms with Crippen molar-refractivity contribution in [2.45, 2.75) is 44.2 Å². The summed E-state index contributed by atoms with van der Waals surface area (Å²) in [5.74, 6) is -0.00750. The molecule has 4 heteroatoms. The summed E-state index contributed by atoms with van der Waals surface area (Å²) >= 11 is 0. The second-order valence-corrected chi connectivity index (χ2v) is 4.97. The van der Waals surface area contributed by atoms with Gasteiger partial charge < -0.3 is 11.5 Å². The Bertz CT molecular complexity index is 261. The van der Waals surface area contributed by atoms with Crippen LogP contribution in [0.2, 0.25) is 0 Å². The van der Waals surface area contributed by atoms with E-state index in [2.05, 4.69) is 11.8 Å². The molecule has 1 unspecified atom stereocenters. The number of carbonyl (C=O) groups excluding carboxylic acids is 1. The zero-order chi connectivity index (χ0) is 11.1. The highest BCUT2D eigenvalue weighted by Gasteiger charge is 2.48. The van der Waals surface area contributed by atoms with Gasteiger partial charge in [0.25, 0.3) is 0 Å². The van der Waals surface area contributed by atoms with Gasteiger partial charge in [-0.3, -0.25) is 9.69 Å². The van der Waals surface area contributed by atoms with Crippen molar-refractivity contribution in [1.29, 1.82) is 0 Å². The van der Waals surface area contributed by atoms with Crippen molar-refractivity contribution in [2.24, 2.45) is 17.4 Å². The van der Waals surface area contributed by atoms with E-state index in [1.54, 1.807) is 0 Å². The van der Waals surface area contributed by atoms with E-state index in [4.69, 9.17) is 11.5 Å². The fourth-order valence-electron chi connectivity index (χ4n) is 2.28. The Kier molecular flexibility index (Phi) is 2.73. The van der Waals surface area contributed by atoms with Crippen molar-refractivity contribution in [1.82, 2.24) is 4.90 Å². The number of hydrogen-bond donors (Lipinski definition) is 2. The Morgan fingerprint density at radius 2 is 2.00 bits per heavy atom. The van der Waals surface area contributed by atoms with E-state index >= 15 is 0 Å². The van der Waals surface area contributed by atoms with Gasteiger partial charge >= 0.3 is 0 Å². The molecule has 0 heterocycles. The number of carbonyl (C=O) groups is 1. The van der Waals surface area contributed by atoms with Crippen molar-refractivity contribution < 1.29 is 4.79 Å². The molecule has 0 aromatic carbocycles. The maximum absolute atomic E-state index is 11.5. The highest BCUT2D eigenvalue weighted by Crippen LogP contribution is 2.40. The first-order valence-electron chi connectivity index (χ1n) is 5.90. The largest absolute Gasteiger partial charge is 0.368 e. The Morgan fingerprint density at radius 3 is 2.33 bits per heavy atom. The van der Waals surface area contributed by atoms with Crippen LogP contribution in [0.15, 0.2) is 0 Å². The number of amides is 1. The van der Waals surface area contributed by atoms with Crippen molar-refractivity contribution in [3.8, 4) is 0 Å². The van der Waals surface area contributed by atoms with Crippen molar-refractivity contribution in [3.63, 3.8) is 0 Å². The van der Waals surface area contributed by atoms with Crippen molar-refractivity contribution >= 4 is 5.91 Å². The Morgan fingerprint density at radius 1 is 1.40 bits per heavy atom. The smallest absolute Gasteiger partial charge is 0.239 e. The topological polar surface area (TPSA) is 72.3 Å². The third kappa shape index (κ3) is 2.16. The number of likely N-dealkylation sites (N-methyl/N-ethyl adjacent to an activating group) is 1. The summed E-state index contributed by atoms with van der Waals surface area (Å²) in [6.07, 6.45) is 4.60. The number of nitrogens with zero attached hydrogens (tertiary/aromatic N) is 1. The van der Waals surface area contributed by atoms with Crippen LogP contribution >= 0.6 is 0 Å². The van der Waals surface area contributed by atoms with Gasteiger partial charge in [0.05, 0.1) is 0 Å². The van der Waals surface area contributed by atoms with Gasteiger partial charge in [0.15, 0.2) is 0 Å². The number of primary amides is 1. The molecule has 0 aliphatic heterocycles. The second kappa shape index (κ2) is 3.76. The molecule has 0 radical (unpaired) electrons. The average Bonchev–Trinajstić information content (AvgIpc) is 3.05. The maximum Gasteiger partial charge on any atom is 0.239 e. The molecule has 1 amide bonds. The minimum Gasteiger partial charge on any atom is -0.368 e. The molecule has 0 saturated heterocycles. The molecule has 0 bridgehead atoms. The van der Waals surface area contributed by atoms with E-state index in [1.165, 1.54) is 12.8 Å². The molecule has 2 fully saturated rings. The Labute approximate surface area is 91.0 Å². The average molecular weight is 211 g/mol. The lowest BCUT2D eigenvalue weighted by atomic mass is 9.93. The predicted octanol–water partition coefficient (Wildman–Crippen LogP) is 0.0635. The minimum absolute atomic E-state index is 0.322. The van der Waals surface area contributed by atoms with E-state index < -0.39 is 5.54 Å². The maximum atomic E-state index is 11.5. The molecule has 2 saturated carbocycles. The summed E-state index contributed by atoms with van der Waals surface area (Å²) in [5, 5.41) is 0. The van der Waals surface area contributed by atoms with Crippen LogP contribution in [-0.4, -0.2) is 35.5 Å². The fourth-order valence-corrected chi connectivity index (χ4v) is 2.28. The van der Waals surface area contributed by atoms with Gasteiger partial charge in [-0.25, -0.2) is 0 Å². The first kappa shape index (κ1) is 10.9. The monoisotopic (exact) mass is 211 g/mol. The van der Waals surface area contributed by atoms with Crippen LogP contribution in [0.25, 0.3) is 0 Å². The summed E-state index contributed by atoms with van der Waals surface area (Å²) in [4.78, 5) is 13.8.